The van der Waals surface area contributed by atoms with Crippen LogP contribution in [0.1, 0.15) is 57.1 Å². The predicted octanol–water partition coefficient (Wildman–Crippen LogP) is 3.92. The van der Waals surface area contributed by atoms with E-state index < -0.39 is 22.2 Å². The van der Waals surface area contributed by atoms with Crippen molar-refractivity contribution in [3.63, 3.8) is 0 Å². The van der Waals surface area contributed by atoms with Gasteiger partial charge in [-0.2, -0.15) is 0 Å². The molecule has 230 valence electrons. The van der Waals surface area contributed by atoms with Gasteiger partial charge >= 0.3 is 6.03 Å². The maximum absolute atomic E-state index is 13.5. The first-order valence-electron chi connectivity index (χ1n) is 14.8. The fraction of sp³-hybridized carbons (Fsp3) is 0.548. The van der Waals surface area contributed by atoms with E-state index in [1.165, 1.54) is 6.42 Å². The third-order valence-corrected chi connectivity index (χ3v) is 9.63. The summed E-state index contributed by atoms with van der Waals surface area (Å²) in [6.45, 7) is 6.07. The van der Waals surface area contributed by atoms with E-state index in [9.17, 15) is 23.1 Å². The highest BCUT2D eigenvalue weighted by molar-refractivity contribution is 7.92. The Hall–Kier alpha value is -3.31. The Morgan fingerprint density at radius 2 is 1.83 bits per heavy atom. The van der Waals surface area contributed by atoms with E-state index in [-0.39, 0.29) is 48.4 Å². The number of carbonyl (C=O) groups excluding carboxylic acids is 2. The molecule has 2 aromatic carbocycles. The molecule has 42 heavy (non-hydrogen) atoms. The summed E-state index contributed by atoms with van der Waals surface area (Å²) >= 11 is 0. The zero-order chi connectivity index (χ0) is 30.4. The number of carbonyl (C=O) groups is 2. The fourth-order valence-electron chi connectivity index (χ4n) is 5.53. The number of likely N-dealkylation sites (N-methyl/N-ethyl adjacent to an activating group) is 1. The molecule has 0 saturated heterocycles. The van der Waals surface area contributed by atoms with E-state index in [0.717, 1.165) is 31.2 Å². The number of fused-ring (bicyclic) bond motifs is 1. The molecule has 2 aliphatic rings. The Morgan fingerprint density at radius 3 is 2.50 bits per heavy atom. The highest BCUT2D eigenvalue weighted by atomic mass is 32.2. The number of aliphatic hydroxyl groups excluding tert-OH is 1. The van der Waals surface area contributed by atoms with Gasteiger partial charge in [0.25, 0.3) is 10.0 Å². The number of nitrogens with zero attached hydrogens (tertiary/aromatic N) is 2. The second kappa shape index (κ2) is 13.8. The fourth-order valence-corrected chi connectivity index (χ4v) is 6.58. The minimum absolute atomic E-state index is 0.0305. The molecule has 0 aromatic heterocycles. The summed E-state index contributed by atoms with van der Waals surface area (Å²) in [7, 11) is -2.11. The van der Waals surface area contributed by atoms with Gasteiger partial charge in [-0.3, -0.25) is 9.52 Å². The molecular formula is C31H44N4O6S. The number of amides is 3. The summed E-state index contributed by atoms with van der Waals surface area (Å²) in [4.78, 5) is 29.9. The third-order valence-electron chi connectivity index (χ3n) is 8.23. The van der Waals surface area contributed by atoms with Crippen LogP contribution < -0.4 is 14.8 Å². The van der Waals surface area contributed by atoms with Crippen molar-refractivity contribution < 1.29 is 27.9 Å². The number of aliphatic hydroxyl groups is 1. The highest BCUT2D eigenvalue weighted by Crippen LogP contribution is 2.30. The van der Waals surface area contributed by atoms with E-state index in [1.807, 2.05) is 13.8 Å². The van der Waals surface area contributed by atoms with Gasteiger partial charge in [0.05, 0.1) is 30.5 Å². The SMILES string of the molecule is Cc1ccc(S(=O)(=O)Nc2ccc3c(c2)CC(=O)N([C@@H](C)CO)C[C@@H](C)[C@@H](CN(C)C(=O)NC2CCCCC2)O3)cc1. The van der Waals surface area contributed by atoms with Crippen LogP contribution in [-0.4, -0.2) is 80.2 Å². The number of aryl methyl sites for hydroxylation is 1. The van der Waals surface area contributed by atoms with Gasteiger partial charge in [0.15, 0.2) is 0 Å². The van der Waals surface area contributed by atoms with Crippen molar-refractivity contribution in [3.8, 4) is 5.75 Å². The number of hydrogen-bond donors (Lipinski definition) is 3. The normalized spacial score (nSPS) is 20.8. The molecular weight excluding hydrogens is 556 g/mol. The standard InChI is InChI=1S/C31H44N4O6S/c1-21-10-13-27(14-11-21)42(39,40)33-26-12-15-28-24(16-26)17-30(37)35(23(3)20-36)18-22(2)29(41-28)19-34(4)31(38)32-25-8-6-5-7-9-25/h10-16,22-23,25,29,33,36H,5-9,17-20H2,1-4H3,(H,32,38)/t22-,23+,29-/m1/s1. The molecule has 4 rings (SSSR count). The molecule has 0 bridgehead atoms. The van der Waals surface area contributed by atoms with Crippen molar-refractivity contribution in [3.05, 3.63) is 53.6 Å². The van der Waals surface area contributed by atoms with E-state index in [1.54, 1.807) is 66.2 Å². The van der Waals surface area contributed by atoms with Gasteiger partial charge in [-0.1, -0.05) is 43.9 Å². The minimum Gasteiger partial charge on any atom is -0.488 e. The lowest BCUT2D eigenvalue weighted by Gasteiger charge is -2.34. The smallest absolute Gasteiger partial charge is 0.317 e. The van der Waals surface area contributed by atoms with Crippen LogP contribution in [0, 0.1) is 12.8 Å². The Kier molecular flexibility index (Phi) is 10.4. The maximum atomic E-state index is 13.5. The van der Waals surface area contributed by atoms with E-state index >= 15 is 0 Å². The molecule has 1 aliphatic heterocycles. The van der Waals surface area contributed by atoms with Crippen molar-refractivity contribution in [2.75, 3.05) is 31.5 Å². The second-order valence-electron chi connectivity index (χ2n) is 11.8. The molecule has 1 aliphatic carbocycles. The molecule has 1 saturated carbocycles. The van der Waals surface area contributed by atoms with Crippen molar-refractivity contribution >= 4 is 27.6 Å². The number of urea groups is 1. The van der Waals surface area contributed by atoms with Crippen LogP contribution in [0.2, 0.25) is 0 Å². The van der Waals surface area contributed by atoms with Gasteiger partial charge < -0.3 is 25.0 Å². The maximum Gasteiger partial charge on any atom is 0.317 e. The summed E-state index contributed by atoms with van der Waals surface area (Å²) in [6.07, 6.45) is 4.91. The molecule has 1 fully saturated rings. The quantitative estimate of drug-likeness (QED) is 0.422. The first-order valence-corrected chi connectivity index (χ1v) is 16.3. The van der Waals surface area contributed by atoms with Gasteiger partial charge in [-0.25, -0.2) is 13.2 Å². The van der Waals surface area contributed by atoms with Crippen LogP contribution in [0.4, 0.5) is 10.5 Å². The van der Waals surface area contributed by atoms with Crippen LogP contribution in [-0.2, 0) is 21.2 Å². The zero-order valence-corrected chi connectivity index (χ0v) is 25.8. The zero-order valence-electron chi connectivity index (χ0n) is 25.0. The number of anilines is 1. The van der Waals surface area contributed by atoms with Gasteiger partial charge in [-0.05, 0) is 57.0 Å². The molecule has 0 unspecified atom stereocenters. The number of ether oxygens (including phenoxy) is 1. The molecule has 1 heterocycles. The first kappa shape index (κ1) is 31.6. The molecule has 3 amide bonds. The Morgan fingerprint density at radius 1 is 1.14 bits per heavy atom. The van der Waals surface area contributed by atoms with Gasteiger partial charge in [0.1, 0.15) is 11.9 Å². The molecule has 11 heteroatoms. The number of hydrogen-bond acceptors (Lipinski definition) is 6. The monoisotopic (exact) mass is 600 g/mol. The average Bonchev–Trinajstić information content (AvgIpc) is 3.00. The minimum atomic E-state index is -3.85. The van der Waals surface area contributed by atoms with Crippen LogP contribution in [0.15, 0.2) is 47.4 Å². The lowest BCUT2D eigenvalue weighted by molar-refractivity contribution is -0.134. The summed E-state index contributed by atoms with van der Waals surface area (Å²) in [6, 6.07) is 11.1. The molecule has 3 N–H and O–H groups in total. The summed E-state index contributed by atoms with van der Waals surface area (Å²) < 4.78 is 35.2. The summed E-state index contributed by atoms with van der Waals surface area (Å²) in [5.41, 5.74) is 1.78. The van der Waals surface area contributed by atoms with Crippen molar-refractivity contribution in [1.82, 2.24) is 15.1 Å². The average molecular weight is 601 g/mol. The number of sulfonamides is 1. The van der Waals surface area contributed by atoms with E-state index in [4.69, 9.17) is 4.74 Å². The van der Waals surface area contributed by atoms with Gasteiger partial charge in [0, 0.05) is 36.8 Å². The molecule has 0 radical (unpaired) electrons. The molecule has 0 spiro atoms. The van der Waals surface area contributed by atoms with Crippen LogP contribution in [0.25, 0.3) is 0 Å². The predicted molar refractivity (Wildman–Crippen MR) is 162 cm³/mol. The Labute approximate surface area is 249 Å². The van der Waals surface area contributed by atoms with Crippen molar-refractivity contribution in [2.24, 2.45) is 5.92 Å². The summed E-state index contributed by atoms with van der Waals surface area (Å²) in [5.74, 6) is 0.0902. The van der Waals surface area contributed by atoms with Gasteiger partial charge in [-0.15, -0.1) is 0 Å². The number of benzene rings is 2. The summed E-state index contributed by atoms with van der Waals surface area (Å²) in [5, 5.41) is 13.0. The van der Waals surface area contributed by atoms with E-state index in [0.29, 0.717) is 23.5 Å². The Balaban J connectivity index is 1.59. The van der Waals surface area contributed by atoms with Crippen LogP contribution in [0.3, 0.4) is 0 Å². The third kappa shape index (κ3) is 7.95. The largest absolute Gasteiger partial charge is 0.488 e. The second-order valence-corrected chi connectivity index (χ2v) is 13.5. The topological polar surface area (TPSA) is 128 Å². The van der Waals surface area contributed by atoms with Crippen LogP contribution in [0.5, 0.6) is 5.75 Å². The van der Waals surface area contributed by atoms with Crippen molar-refractivity contribution in [1.29, 1.82) is 0 Å². The molecule has 2 aromatic rings. The number of nitrogens with one attached hydrogen (secondary N) is 2. The number of rotatable bonds is 8. The van der Waals surface area contributed by atoms with Crippen molar-refractivity contribution in [2.45, 2.75) is 82.4 Å². The highest BCUT2D eigenvalue weighted by Gasteiger charge is 2.32. The van der Waals surface area contributed by atoms with Gasteiger partial charge in [0.2, 0.25) is 5.91 Å². The molecule has 3 atom stereocenters. The first-order chi connectivity index (χ1) is 20.0. The Bertz CT molecular complexity index is 1340. The lowest BCUT2D eigenvalue weighted by atomic mass is 9.96. The molecule has 10 nitrogen and oxygen atoms in total. The van der Waals surface area contributed by atoms with E-state index in [2.05, 4.69) is 10.0 Å². The van der Waals surface area contributed by atoms with Crippen LogP contribution >= 0.6 is 0 Å². The lowest BCUT2D eigenvalue weighted by Crippen LogP contribution is -2.50.